The lowest BCUT2D eigenvalue weighted by Crippen LogP contribution is -2.30. The van der Waals surface area contributed by atoms with Crippen molar-refractivity contribution in [1.82, 2.24) is 15.1 Å². The van der Waals surface area contributed by atoms with Gasteiger partial charge in [-0.25, -0.2) is 0 Å². The topological polar surface area (TPSA) is 82.4 Å². The summed E-state index contributed by atoms with van der Waals surface area (Å²) < 4.78 is 25.7. The number of aromatic nitrogens is 2. The summed E-state index contributed by atoms with van der Waals surface area (Å²) >= 11 is 6.18. The van der Waals surface area contributed by atoms with Gasteiger partial charge in [0.2, 0.25) is 0 Å². The number of rotatable bonds is 8. The zero-order valence-corrected chi connectivity index (χ0v) is 16.9. The molecule has 1 aromatic carbocycles. The van der Waals surface area contributed by atoms with Crippen molar-refractivity contribution in [3.8, 4) is 0 Å². The second-order valence-corrected chi connectivity index (χ2v) is 8.01. The molecule has 0 radical (unpaired) electrons. The Morgan fingerprint density at radius 2 is 1.85 bits per heavy atom. The van der Waals surface area contributed by atoms with Crippen LogP contribution in [0, 0.1) is 6.92 Å². The van der Waals surface area contributed by atoms with Crippen molar-refractivity contribution in [1.29, 1.82) is 0 Å². The minimum atomic E-state index is -3.65. The van der Waals surface area contributed by atoms with Crippen LogP contribution in [0.4, 0.5) is 0 Å². The molecule has 7 nitrogen and oxygen atoms in total. The maximum absolute atomic E-state index is 13.3. The van der Waals surface area contributed by atoms with E-state index in [2.05, 4.69) is 10.4 Å². The molecule has 26 heavy (non-hydrogen) atoms. The number of carbonyl (C=O) groups is 1. The van der Waals surface area contributed by atoms with Crippen molar-refractivity contribution in [2.24, 2.45) is 7.05 Å². The van der Waals surface area contributed by atoms with E-state index in [9.17, 15) is 9.36 Å². The largest absolute Gasteiger partial charge is 0.357 e. The minimum absolute atomic E-state index is 0.184. The standard InChI is InChI=1S/C17H23ClN3O4P/c1-5-24-26(23,25-6-2)17(13-10-8-7-9-11-13)19-16(22)14-12(3)20-21(4)15(14)18/h7-11,17H,5-6H2,1-4H3,(H,19,22). The first-order valence-electron chi connectivity index (χ1n) is 8.27. The monoisotopic (exact) mass is 399 g/mol. The molecule has 1 unspecified atom stereocenters. The van der Waals surface area contributed by atoms with Gasteiger partial charge in [0.15, 0.2) is 5.78 Å². The molecule has 1 heterocycles. The maximum atomic E-state index is 13.3. The summed E-state index contributed by atoms with van der Waals surface area (Å²) in [6.07, 6.45) is 0. The van der Waals surface area contributed by atoms with Crippen molar-refractivity contribution in [3.05, 3.63) is 52.3 Å². The van der Waals surface area contributed by atoms with Crippen LogP contribution in [-0.2, 0) is 20.7 Å². The molecule has 0 aliphatic heterocycles. The molecule has 1 N–H and O–H groups in total. The average Bonchev–Trinajstić information content (AvgIpc) is 2.86. The van der Waals surface area contributed by atoms with Crippen LogP contribution in [0.5, 0.6) is 0 Å². The predicted octanol–water partition coefficient (Wildman–Crippen LogP) is 4.08. The number of benzene rings is 1. The Balaban J connectivity index is 2.44. The number of aryl methyl sites for hydroxylation is 2. The predicted molar refractivity (Wildman–Crippen MR) is 100 cm³/mol. The first-order valence-corrected chi connectivity index (χ1v) is 10.3. The number of carbonyl (C=O) groups excluding carboxylic acids is 1. The van der Waals surface area contributed by atoms with Gasteiger partial charge in [-0.05, 0) is 26.3 Å². The van der Waals surface area contributed by atoms with Gasteiger partial charge in [0.05, 0.1) is 24.5 Å². The van der Waals surface area contributed by atoms with Crippen LogP contribution in [0.25, 0.3) is 0 Å². The zero-order chi connectivity index (χ0) is 19.3. The van der Waals surface area contributed by atoms with Crippen LogP contribution in [-0.4, -0.2) is 28.9 Å². The first-order chi connectivity index (χ1) is 12.3. The van der Waals surface area contributed by atoms with Crippen molar-refractivity contribution in [2.45, 2.75) is 26.6 Å². The molecular weight excluding hydrogens is 377 g/mol. The van der Waals surface area contributed by atoms with Gasteiger partial charge in [0.1, 0.15) is 5.15 Å². The molecular formula is C17H23ClN3O4P. The number of hydrogen-bond donors (Lipinski definition) is 1. The number of amides is 1. The fraction of sp³-hybridized carbons (Fsp3) is 0.412. The van der Waals surface area contributed by atoms with Crippen LogP contribution in [0.3, 0.4) is 0 Å². The van der Waals surface area contributed by atoms with Gasteiger partial charge in [-0.1, -0.05) is 41.9 Å². The lowest BCUT2D eigenvalue weighted by Gasteiger charge is -2.27. The second-order valence-electron chi connectivity index (χ2n) is 5.54. The molecule has 0 fully saturated rings. The zero-order valence-electron chi connectivity index (χ0n) is 15.2. The highest BCUT2D eigenvalue weighted by atomic mass is 35.5. The summed E-state index contributed by atoms with van der Waals surface area (Å²) in [7, 11) is -2.01. The number of halogens is 1. The summed E-state index contributed by atoms with van der Waals surface area (Å²) in [4.78, 5) is 12.9. The van der Waals surface area contributed by atoms with Crippen molar-refractivity contribution in [2.75, 3.05) is 13.2 Å². The van der Waals surface area contributed by atoms with E-state index in [-0.39, 0.29) is 23.9 Å². The van der Waals surface area contributed by atoms with Crippen LogP contribution >= 0.6 is 19.2 Å². The lowest BCUT2D eigenvalue weighted by atomic mass is 10.2. The normalized spacial score (nSPS) is 12.8. The third-order valence-corrected chi connectivity index (χ3v) is 6.43. The van der Waals surface area contributed by atoms with Gasteiger partial charge in [0.25, 0.3) is 5.91 Å². The summed E-state index contributed by atoms with van der Waals surface area (Å²) in [6.45, 7) is 5.49. The smallest absolute Gasteiger partial charge is 0.334 e. The highest BCUT2D eigenvalue weighted by Gasteiger charge is 2.39. The fourth-order valence-electron chi connectivity index (χ4n) is 2.61. The van der Waals surface area contributed by atoms with Gasteiger partial charge in [0, 0.05) is 7.05 Å². The summed E-state index contributed by atoms with van der Waals surface area (Å²) in [5, 5.41) is 7.11. The Hall–Kier alpha value is -1.66. The Labute approximate surface area is 158 Å². The molecule has 0 aliphatic rings. The highest BCUT2D eigenvalue weighted by Crippen LogP contribution is 2.59. The molecule has 9 heteroatoms. The SMILES string of the molecule is CCOP(=O)(OCC)C(NC(=O)c1c(C)nn(C)c1Cl)c1ccccc1. The quantitative estimate of drug-likeness (QED) is 0.676. The number of nitrogens with zero attached hydrogens (tertiary/aromatic N) is 2. The summed E-state index contributed by atoms with van der Waals surface area (Å²) in [5.41, 5.74) is 1.32. The molecule has 2 rings (SSSR count). The van der Waals surface area contributed by atoms with Gasteiger partial charge in [-0.3, -0.25) is 14.0 Å². The highest BCUT2D eigenvalue weighted by molar-refractivity contribution is 7.54. The Kier molecular flexibility index (Phi) is 7.01. The fourth-order valence-corrected chi connectivity index (χ4v) is 4.78. The van der Waals surface area contributed by atoms with E-state index in [1.54, 1.807) is 52.1 Å². The Bertz CT molecular complexity index is 800. The Morgan fingerprint density at radius 1 is 1.27 bits per heavy atom. The van der Waals surface area contributed by atoms with Crippen molar-refractivity contribution in [3.63, 3.8) is 0 Å². The van der Waals surface area contributed by atoms with E-state index in [1.807, 2.05) is 6.07 Å². The lowest BCUT2D eigenvalue weighted by molar-refractivity contribution is 0.0936. The van der Waals surface area contributed by atoms with Crippen LogP contribution in [0.15, 0.2) is 30.3 Å². The first kappa shape index (κ1) is 20.6. The van der Waals surface area contributed by atoms with E-state index < -0.39 is 19.3 Å². The third-order valence-electron chi connectivity index (χ3n) is 3.70. The molecule has 1 aromatic heterocycles. The third kappa shape index (κ3) is 4.35. The Morgan fingerprint density at radius 3 is 2.31 bits per heavy atom. The van der Waals surface area contributed by atoms with Crippen LogP contribution in [0.1, 0.15) is 41.2 Å². The summed E-state index contributed by atoms with van der Waals surface area (Å²) in [5.74, 6) is -1.46. The average molecular weight is 400 g/mol. The molecule has 2 aromatic rings. The van der Waals surface area contributed by atoms with E-state index in [4.69, 9.17) is 20.6 Å². The molecule has 0 saturated heterocycles. The number of nitrogens with one attached hydrogen (secondary N) is 1. The van der Waals surface area contributed by atoms with Crippen molar-refractivity contribution < 1.29 is 18.4 Å². The molecule has 0 aliphatic carbocycles. The van der Waals surface area contributed by atoms with Gasteiger partial charge in [-0.15, -0.1) is 0 Å². The molecule has 1 amide bonds. The van der Waals surface area contributed by atoms with E-state index in [0.29, 0.717) is 11.3 Å². The van der Waals surface area contributed by atoms with Crippen molar-refractivity contribution >= 4 is 25.1 Å². The molecule has 0 saturated carbocycles. The van der Waals surface area contributed by atoms with Gasteiger partial charge in [-0.2, -0.15) is 5.10 Å². The van der Waals surface area contributed by atoms with Crippen LogP contribution < -0.4 is 5.32 Å². The molecule has 142 valence electrons. The van der Waals surface area contributed by atoms with Crippen LogP contribution in [0.2, 0.25) is 5.15 Å². The minimum Gasteiger partial charge on any atom is -0.334 e. The summed E-state index contributed by atoms with van der Waals surface area (Å²) in [6, 6.07) is 8.93. The van der Waals surface area contributed by atoms with Gasteiger partial charge < -0.3 is 14.4 Å². The number of hydrogen-bond acceptors (Lipinski definition) is 5. The van der Waals surface area contributed by atoms with Gasteiger partial charge >= 0.3 is 7.60 Å². The molecule has 0 spiro atoms. The maximum Gasteiger partial charge on any atom is 0.357 e. The molecule has 1 atom stereocenters. The van der Waals surface area contributed by atoms with E-state index in [1.165, 1.54) is 4.68 Å². The van der Waals surface area contributed by atoms with E-state index in [0.717, 1.165) is 0 Å². The van der Waals surface area contributed by atoms with E-state index >= 15 is 0 Å². The second kappa shape index (κ2) is 8.82. The molecule has 0 bridgehead atoms.